The monoisotopic (exact) mass is 421 g/mol. The van der Waals surface area contributed by atoms with Gasteiger partial charge in [-0.05, 0) is 16.7 Å². The van der Waals surface area contributed by atoms with Crippen LogP contribution in [0, 0.1) is 5.41 Å². The summed E-state index contributed by atoms with van der Waals surface area (Å²) in [6.07, 6.45) is -4.91. The first kappa shape index (κ1) is 22.2. The Balaban J connectivity index is 2.26. The Bertz CT molecular complexity index is 900. The third-order valence-corrected chi connectivity index (χ3v) is 5.92. The Labute approximate surface area is 174 Å². The van der Waals surface area contributed by atoms with E-state index in [9.17, 15) is 23.1 Å². The van der Waals surface area contributed by atoms with E-state index in [-0.39, 0.29) is 18.6 Å². The van der Waals surface area contributed by atoms with Gasteiger partial charge in [-0.25, -0.2) is 18.0 Å². The number of carbonyl (C=O) groups is 1. The molecule has 1 heterocycles. The van der Waals surface area contributed by atoms with Gasteiger partial charge >= 0.3 is 6.09 Å². The maximum absolute atomic E-state index is 14.6. The fourth-order valence-corrected chi connectivity index (χ4v) is 4.32. The lowest BCUT2D eigenvalue weighted by molar-refractivity contribution is -0.264. The second-order valence-corrected chi connectivity index (χ2v) is 8.62. The fraction of sp³-hybridized carbons (Fsp3) is 0.435. The molecule has 2 aromatic carbocycles. The van der Waals surface area contributed by atoms with Crippen LogP contribution in [0.2, 0.25) is 0 Å². The van der Waals surface area contributed by atoms with Crippen LogP contribution < -0.4 is 0 Å². The van der Waals surface area contributed by atoms with Crippen LogP contribution in [0.3, 0.4) is 0 Å². The molecule has 0 spiro atoms. The molecule has 0 aliphatic carbocycles. The molecule has 1 aliphatic heterocycles. The Kier molecular flexibility index (Phi) is 5.87. The first-order chi connectivity index (χ1) is 14.1. The lowest BCUT2D eigenvalue weighted by Crippen LogP contribution is -2.73. The van der Waals surface area contributed by atoms with Gasteiger partial charge in [-0.1, -0.05) is 75.4 Å². The van der Waals surface area contributed by atoms with Crippen LogP contribution in [0.4, 0.5) is 18.0 Å². The van der Waals surface area contributed by atoms with E-state index in [2.05, 4.69) is 0 Å². The maximum Gasteiger partial charge on any atom is 0.410 e. The molecular weight excluding hydrogens is 395 g/mol. The molecule has 162 valence electrons. The number of carboxylic acid groups (broad SMARTS) is 1. The van der Waals surface area contributed by atoms with Crippen LogP contribution in [0.5, 0.6) is 0 Å². The van der Waals surface area contributed by atoms with Gasteiger partial charge in [0.25, 0.3) is 6.43 Å². The van der Waals surface area contributed by atoms with E-state index in [0.717, 1.165) is 5.56 Å². The Morgan fingerprint density at radius 3 is 2.27 bits per heavy atom. The summed E-state index contributed by atoms with van der Waals surface area (Å²) in [7, 11) is 0. The van der Waals surface area contributed by atoms with Gasteiger partial charge in [0.05, 0.1) is 6.61 Å². The van der Waals surface area contributed by atoms with Crippen molar-refractivity contribution in [3.63, 3.8) is 0 Å². The highest BCUT2D eigenvalue weighted by Gasteiger charge is 2.65. The van der Waals surface area contributed by atoms with E-state index in [1.807, 2.05) is 6.07 Å². The molecule has 2 atom stereocenters. The first-order valence-electron chi connectivity index (χ1n) is 9.74. The van der Waals surface area contributed by atoms with E-state index in [0.29, 0.717) is 10.5 Å². The van der Waals surface area contributed by atoms with Gasteiger partial charge in [0, 0.05) is 11.8 Å². The van der Waals surface area contributed by atoms with Crippen molar-refractivity contribution < 1.29 is 27.8 Å². The third kappa shape index (κ3) is 3.35. The topological polar surface area (TPSA) is 49.8 Å². The molecule has 0 saturated heterocycles. The van der Waals surface area contributed by atoms with E-state index >= 15 is 0 Å². The highest BCUT2D eigenvalue weighted by atomic mass is 19.3. The van der Waals surface area contributed by atoms with E-state index in [1.165, 1.54) is 12.1 Å². The average Bonchev–Trinajstić information content (AvgIpc) is 2.70. The van der Waals surface area contributed by atoms with Crippen LogP contribution in [0.15, 0.2) is 54.6 Å². The van der Waals surface area contributed by atoms with E-state index < -0.39 is 35.9 Å². The summed E-state index contributed by atoms with van der Waals surface area (Å²) in [6, 6.07) is 15.2. The molecular formula is C23H26F3NO3. The van der Waals surface area contributed by atoms with Crippen molar-refractivity contribution in [3.05, 3.63) is 71.3 Å². The van der Waals surface area contributed by atoms with Crippen LogP contribution in [0.1, 0.15) is 37.5 Å². The zero-order valence-corrected chi connectivity index (χ0v) is 17.2. The minimum atomic E-state index is -3.29. The SMILES string of the molecule is CC(C)(C)C1(OCc2ccccc2)Cc2ccccc2C(CF)(C(F)F)N1C(=O)O. The van der Waals surface area contributed by atoms with Gasteiger partial charge in [-0.3, -0.25) is 4.90 Å². The normalized spacial score (nSPS) is 24.0. The summed E-state index contributed by atoms with van der Waals surface area (Å²) in [6.45, 7) is 3.58. The standard InChI is InChI=1S/C23H26F3NO3/c1-21(2,3)23(30-14-16-9-5-4-6-10-16)13-17-11-7-8-12-18(17)22(15-24,19(25)26)27(23)20(28)29/h4-12,19H,13-15H2,1-3H3,(H,28,29). The van der Waals surface area contributed by atoms with Gasteiger partial charge in [-0.15, -0.1) is 0 Å². The number of fused-ring (bicyclic) bond motifs is 1. The van der Waals surface area contributed by atoms with Crippen LogP contribution in [-0.4, -0.2) is 34.9 Å². The number of ether oxygens (including phenoxy) is 1. The minimum absolute atomic E-state index is 0.00430. The summed E-state index contributed by atoms with van der Waals surface area (Å²) in [5.41, 5.74) is -4.13. The molecule has 2 unspecified atom stereocenters. The Hall–Kier alpha value is -2.54. The lowest BCUT2D eigenvalue weighted by atomic mass is 9.69. The molecule has 0 radical (unpaired) electrons. The number of hydrogen-bond acceptors (Lipinski definition) is 2. The van der Waals surface area contributed by atoms with Crippen LogP contribution >= 0.6 is 0 Å². The van der Waals surface area contributed by atoms with Crippen molar-refractivity contribution in [1.29, 1.82) is 0 Å². The number of alkyl halides is 3. The third-order valence-electron chi connectivity index (χ3n) is 5.92. The van der Waals surface area contributed by atoms with Gasteiger partial charge in [0.2, 0.25) is 0 Å². The second kappa shape index (κ2) is 7.95. The van der Waals surface area contributed by atoms with Crippen molar-refractivity contribution >= 4 is 6.09 Å². The van der Waals surface area contributed by atoms with Crippen molar-refractivity contribution in [3.8, 4) is 0 Å². The number of benzene rings is 2. The molecule has 2 aromatic rings. The number of nitrogens with zero attached hydrogens (tertiary/aromatic N) is 1. The van der Waals surface area contributed by atoms with E-state index in [1.54, 1.807) is 57.2 Å². The molecule has 30 heavy (non-hydrogen) atoms. The number of rotatable bonds is 5. The molecule has 1 amide bonds. The molecule has 0 aromatic heterocycles. The number of amides is 1. The molecule has 0 saturated carbocycles. The average molecular weight is 421 g/mol. The zero-order valence-electron chi connectivity index (χ0n) is 17.2. The molecule has 1 N–H and O–H groups in total. The van der Waals surface area contributed by atoms with Gasteiger partial charge in [0.15, 0.2) is 11.3 Å². The first-order valence-corrected chi connectivity index (χ1v) is 9.74. The molecule has 0 bridgehead atoms. The maximum atomic E-state index is 14.6. The van der Waals surface area contributed by atoms with Crippen molar-refractivity contribution in [2.45, 2.75) is 51.5 Å². The van der Waals surface area contributed by atoms with Crippen LogP contribution in [-0.2, 0) is 23.3 Å². The zero-order chi connectivity index (χ0) is 22.2. The summed E-state index contributed by atoms with van der Waals surface area (Å²) in [5, 5.41) is 10.1. The smallest absolute Gasteiger partial charge is 0.410 e. The molecule has 1 aliphatic rings. The van der Waals surface area contributed by atoms with Gasteiger partial charge < -0.3 is 9.84 Å². The molecule has 3 rings (SSSR count). The fourth-order valence-electron chi connectivity index (χ4n) is 4.32. The number of hydrogen-bond donors (Lipinski definition) is 1. The molecule has 4 nitrogen and oxygen atoms in total. The largest absolute Gasteiger partial charge is 0.465 e. The molecule has 7 heteroatoms. The quantitative estimate of drug-likeness (QED) is 0.683. The van der Waals surface area contributed by atoms with Crippen molar-refractivity contribution in [1.82, 2.24) is 4.90 Å². The highest BCUT2D eigenvalue weighted by Crippen LogP contribution is 2.53. The summed E-state index contributed by atoms with van der Waals surface area (Å²) in [4.78, 5) is 13.0. The summed E-state index contributed by atoms with van der Waals surface area (Å²) >= 11 is 0. The summed E-state index contributed by atoms with van der Waals surface area (Å²) < 4.78 is 49.9. The van der Waals surface area contributed by atoms with Crippen LogP contribution in [0.25, 0.3) is 0 Å². The Morgan fingerprint density at radius 1 is 1.13 bits per heavy atom. The predicted molar refractivity (Wildman–Crippen MR) is 107 cm³/mol. The lowest BCUT2D eigenvalue weighted by Gasteiger charge is -2.59. The molecule has 0 fully saturated rings. The predicted octanol–water partition coefficient (Wildman–Crippen LogP) is 5.61. The highest BCUT2D eigenvalue weighted by molar-refractivity contribution is 5.69. The van der Waals surface area contributed by atoms with E-state index in [4.69, 9.17) is 4.74 Å². The van der Waals surface area contributed by atoms with Gasteiger partial charge in [0.1, 0.15) is 6.67 Å². The Morgan fingerprint density at radius 2 is 1.73 bits per heavy atom. The van der Waals surface area contributed by atoms with Gasteiger partial charge in [-0.2, -0.15) is 0 Å². The van der Waals surface area contributed by atoms with Crippen molar-refractivity contribution in [2.24, 2.45) is 5.41 Å². The van der Waals surface area contributed by atoms with Crippen molar-refractivity contribution in [2.75, 3.05) is 6.67 Å². The minimum Gasteiger partial charge on any atom is -0.465 e. The second-order valence-electron chi connectivity index (χ2n) is 8.62. The summed E-state index contributed by atoms with van der Waals surface area (Å²) in [5.74, 6) is 0. The number of halogens is 3.